The van der Waals surface area contributed by atoms with E-state index in [0.717, 1.165) is 16.4 Å². The van der Waals surface area contributed by atoms with Crippen LogP contribution in [0.4, 0.5) is 30.5 Å². The summed E-state index contributed by atoms with van der Waals surface area (Å²) in [7, 11) is -0.250. The third kappa shape index (κ3) is 5.75. The Morgan fingerprint density at radius 3 is 2.15 bits per heavy atom. The van der Waals surface area contributed by atoms with Crippen LogP contribution in [0.3, 0.4) is 0 Å². The topological polar surface area (TPSA) is 83.2 Å². The summed E-state index contributed by atoms with van der Waals surface area (Å²) in [6.07, 6.45) is -2.97. The monoisotopic (exact) mass is 565 g/mol. The van der Waals surface area contributed by atoms with E-state index in [1.165, 1.54) is 0 Å². The zero-order valence-corrected chi connectivity index (χ0v) is 22.8. The molecule has 3 heterocycles. The normalized spacial score (nSPS) is 14.3. The van der Waals surface area contributed by atoms with Gasteiger partial charge < -0.3 is 15.1 Å². The molecule has 5 rings (SSSR count). The molecular formula is C29H30F3N7S. The van der Waals surface area contributed by atoms with Crippen LogP contribution >= 0.6 is 9.39 Å². The van der Waals surface area contributed by atoms with E-state index in [0.29, 0.717) is 42.9 Å². The zero-order chi connectivity index (χ0) is 28.5. The van der Waals surface area contributed by atoms with Crippen LogP contribution in [0.25, 0.3) is 22.4 Å². The van der Waals surface area contributed by atoms with E-state index in [2.05, 4.69) is 36.9 Å². The van der Waals surface area contributed by atoms with Crippen molar-refractivity contribution < 1.29 is 13.2 Å². The Hall–Kier alpha value is -4.09. The number of alkyl halides is 3. The average molecular weight is 566 g/mol. The summed E-state index contributed by atoms with van der Waals surface area (Å²) in [5.74, 6) is 7.87. The van der Waals surface area contributed by atoms with E-state index in [1.807, 2.05) is 54.4 Å². The number of rotatable bonds is 6. The van der Waals surface area contributed by atoms with Crippen molar-refractivity contribution in [3.63, 3.8) is 0 Å². The molecule has 0 unspecified atom stereocenters. The predicted octanol–water partition coefficient (Wildman–Crippen LogP) is 5.49. The van der Waals surface area contributed by atoms with Gasteiger partial charge in [0.05, 0.1) is 23.1 Å². The number of pyridine rings is 1. The Labute approximate surface area is 232 Å². The molecule has 1 saturated heterocycles. The van der Waals surface area contributed by atoms with Crippen molar-refractivity contribution in [3.05, 3.63) is 78.8 Å². The van der Waals surface area contributed by atoms with Crippen LogP contribution in [0, 0.1) is 0 Å². The fraction of sp³-hybridized carbons (Fsp3) is 0.207. The van der Waals surface area contributed by atoms with Gasteiger partial charge in [-0.05, 0) is 29.8 Å². The molecule has 7 nitrogen and oxygen atoms in total. The van der Waals surface area contributed by atoms with E-state index in [-0.39, 0.29) is 11.5 Å². The molecule has 0 bridgehead atoms. The van der Waals surface area contributed by atoms with Gasteiger partial charge >= 0.3 is 6.18 Å². The number of aromatic nitrogens is 3. The first-order chi connectivity index (χ1) is 19.0. The van der Waals surface area contributed by atoms with E-state index in [1.54, 1.807) is 30.5 Å². The fourth-order valence-corrected chi connectivity index (χ4v) is 5.36. The number of piperazine rings is 1. The first-order valence-electron chi connectivity index (χ1n) is 12.6. The molecule has 2 aromatic carbocycles. The molecule has 0 saturated carbocycles. The molecule has 208 valence electrons. The zero-order valence-electron chi connectivity index (χ0n) is 22.0. The number of nitrogens with zero attached hydrogens (tertiary/aromatic N) is 5. The van der Waals surface area contributed by atoms with E-state index in [9.17, 15) is 13.2 Å². The Bertz CT molecular complexity index is 1600. The van der Waals surface area contributed by atoms with Crippen LogP contribution in [0.2, 0.25) is 0 Å². The number of nitrogens with two attached hydrogens (primary N) is 1. The van der Waals surface area contributed by atoms with Crippen molar-refractivity contribution in [2.75, 3.05) is 48.3 Å². The van der Waals surface area contributed by atoms with E-state index >= 15 is 0 Å². The van der Waals surface area contributed by atoms with Gasteiger partial charge in [0.1, 0.15) is 11.6 Å². The Morgan fingerprint density at radius 1 is 0.875 bits per heavy atom. The number of nitrogens with one attached hydrogen (secondary N) is 1. The van der Waals surface area contributed by atoms with Crippen molar-refractivity contribution in [1.29, 1.82) is 0 Å². The lowest BCUT2D eigenvalue weighted by atomic mass is 9.98. The van der Waals surface area contributed by atoms with Crippen molar-refractivity contribution in [1.82, 2.24) is 15.0 Å². The first kappa shape index (κ1) is 27.5. The lowest BCUT2D eigenvalue weighted by molar-refractivity contribution is -0.144. The molecule has 0 radical (unpaired) electrons. The van der Waals surface area contributed by atoms with Crippen LogP contribution in [-0.4, -0.2) is 59.9 Å². The highest BCUT2D eigenvalue weighted by Crippen LogP contribution is 2.42. The molecule has 11 heteroatoms. The first-order valence-corrected chi connectivity index (χ1v) is 14.6. The minimum Gasteiger partial charge on any atom is -0.387 e. The largest absolute Gasteiger partial charge is 0.451 e. The van der Waals surface area contributed by atoms with Crippen LogP contribution in [0.5, 0.6) is 0 Å². The molecule has 3 N–H and O–H groups in total. The van der Waals surface area contributed by atoms with Gasteiger partial charge in [0.15, 0.2) is 0 Å². The van der Waals surface area contributed by atoms with Gasteiger partial charge in [-0.3, -0.25) is 5.14 Å². The summed E-state index contributed by atoms with van der Waals surface area (Å²) in [6.45, 7) is 2.01. The standard InChI is InChI=1S/C29H30F3N7S/c1-34-22-12-13-24(35-19-22)38-14-16-39(17-15-38)27-25(21-10-7-11-23(18-21)40(2,3)33)26(20-8-5-4-6-9-20)36-28(37-27)29(30,31)32/h4-13,18-19,34H,2-3,14-17,33H2,1H3. The Morgan fingerprint density at radius 2 is 1.55 bits per heavy atom. The van der Waals surface area contributed by atoms with Gasteiger partial charge in [-0.15, -0.1) is 9.39 Å². The molecular weight excluding hydrogens is 535 g/mol. The molecule has 1 fully saturated rings. The van der Waals surface area contributed by atoms with Gasteiger partial charge in [-0.2, -0.15) is 13.2 Å². The fourth-order valence-electron chi connectivity index (χ4n) is 4.65. The van der Waals surface area contributed by atoms with Gasteiger partial charge in [0.25, 0.3) is 0 Å². The highest BCUT2D eigenvalue weighted by Gasteiger charge is 2.38. The second-order valence-electron chi connectivity index (χ2n) is 9.56. The van der Waals surface area contributed by atoms with E-state index in [4.69, 9.17) is 5.14 Å². The third-order valence-electron chi connectivity index (χ3n) is 6.72. The minimum atomic E-state index is -4.73. The summed E-state index contributed by atoms with van der Waals surface area (Å²) in [5.41, 5.74) is 2.82. The maximum absolute atomic E-state index is 14.1. The maximum atomic E-state index is 14.1. The number of anilines is 3. The molecule has 4 aromatic rings. The summed E-state index contributed by atoms with van der Waals surface area (Å²) in [5, 5.41) is 9.31. The SMILES string of the molecule is C=S(=C)(N)c1cccc(-c2c(-c3ccccc3)nc(C(F)(F)F)nc2N2CCN(c3ccc(NC)cn3)CC2)c1. The molecule has 0 atom stereocenters. The quantitative estimate of drug-likeness (QED) is 0.299. The summed E-state index contributed by atoms with van der Waals surface area (Å²) < 4.78 is 42.4. The van der Waals surface area contributed by atoms with Crippen LogP contribution in [-0.2, 0) is 6.18 Å². The summed E-state index contributed by atoms with van der Waals surface area (Å²) >= 11 is 0. The smallest absolute Gasteiger partial charge is 0.387 e. The Balaban J connectivity index is 1.63. The van der Waals surface area contributed by atoms with E-state index < -0.39 is 21.4 Å². The third-order valence-corrected chi connectivity index (χ3v) is 7.92. The van der Waals surface area contributed by atoms with Crippen LogP contribution in [0.15, 0.2) is 77.8 Å². The Kier molecular flexibility index (Phi) is 7.43. The summed E-state index contributed by atoms with van der Waals surface area (Å²) in [6, 6.07) is 20.0. The lowest BCUT2D eigenvalue weighted by Crippen LogP contribution is -2.47. The number of halogens is 3. The van der Waals surface area contributed by atoms with Gasteiger partial charge in [0.2, 0.25) is 5.82 Å². The van der Waals surface area contributed by atoms with Crippen LogP contribution < -0.4 is 20.3 Å². The average Bonchev–Trinajstić information content (AvgIpc) is 2.96. The molecule has 40 heavy (non-hydrogen) atoms. The van der Waals surface area contributed by atoms with Gasteiger partial charge in [-0.1, -0.05) is 54.2 Å². The predicted molar refractivity (Wildman–Crippen MR) is 160 cm³/mol. The second kappa shape index (κ2) is 10.8. The molecule has 1 aliphatic heterocycles. The highest BCUT2D eigenvalue weighted by atomic mass is 32.2. The maximum Gasteiger partial charge on any atom is 0.451 e. The lowest BCUT2D eigenvalue weighted by Gasteiger charge is -2.37. The highest BCUT2D eigenvalue weighted by molar-refractivity contribution is 8.26. The molecule has 0 aliphatic carbocycles. The molecule has 1 aliphatic rings. The van der Waals surface area contributed by atoms with Crippen molar-refractivity contribution >= 4 is 38.5 Å². The van der Waals surface area contributed by atoms with Gasteiger partial charge in [-0.25, -0.2) is 15.0 Å². The molecule has 0 spiro atoms. The second-order valence-corrected chi connectivity index (χ2v) is 11.9. The van der Waals surface area contributed by atoms with Crippen molar-refractivity contribution in [3.8, 4) is 22.4 Å². The summed E-state index contributed by atoms with van der Waals surface area (Å²) in [4.78, 5) is 17.4. The van der Waals surface area contributed by atoms with Gasteiger partial charge in [0, 0.05) is 43.7 Å². The molecule has 2 aromatic heterocycles. The van der Waals surface area contributed by atoms with Crippen molar-refractivity contribution in [2.24, 2.45) is 5.14 Å². The van der Waals surface area contributed by atoms with Crippen LogP contribution in [0.1, 0.15) is 5.82 Å². The minimum absolute atomic E-state index is 0.201. The number of hydrogen-bond acceptors (Lipinski definition) is 7. The number of hydrogen-bond donors (Lipinski definition) is 2. The number of benzene rings is 2. The van der Waals surface area contributed by atoms with Crippen molar-refractivity contribution in [2.45, 2.75) is 11.1 Å². The molecule has 0 amide bonds.